The molecule has 0 amide bonds. The molecule has 0 unspecified atom stereocenters. The number of unbranched alkanes of at least 4 members (excludes halogenated alkanes) is 1. The van der Waals surface area contributed by atoms with Crippen LogP contribution in [0.2, 0.25) is 0 Å². The summed E-state index contributed by atoms with van der Waals surface area (Å²) in [6.45, 7) is 3.17. The van der Waals surface area contributed by atoms with Crippen molar-refractivity contribution in [2.75, 3.05) is 24.3 Å². The molecule has 2 fully saturated rings. The Bertz CT molecular complexity index is 1750. The van der Waals surface area contributed by atoms with E-state index in [9.17, 15) is 9.59 Å². The van der Waals surface area contributed by atoms with E-state index in [1.54, 1.807) is 45.4 Å². The van der Waals surface area contributed by atoms with E-state index in [0.717, 1.165) is 80.7 Å². The number of nitrogens with two attached hydrogens (primary N) is 3. The van der Waals surface area contributed by atoms with Crippen molar-refractivity contribution in [3.63, 3.8) is 0 Å². The highest BCUT2D eigenvalue weighted by atomic mass is 32.2. The van der Waals surface area contributed by atoms with E-state index in [-0.39, 0.29) is 39.2 Å². The van der Waals surface area contributed by atoms with Gasteiger partial charge in [-0.15, -0.1) is 0 Å². The number of aliphatic hydroxyl groups is 2. The van der Waals surface area contributed by atoms with Gasteiger partial charge >= 0.3 is 0 Å². The minimum atomic E-state index is -0.112. The van der Waals surface area contributed by atoms with Crippen LogP contribution >= 0.6 is 11.8 Å². The normalized spacial score (nSPS) is 19.5. The number of pyridine rings is 2. The van der Waals surface area contributed by atoms with Gasteiger partial charge in [0.25, 0.3) is 11.1 Å². The van der Waals surface area contributed by atoms with Gasteiger partial charge in [-0.05, 0) is 82.8 Å². The fourth-order valence-corrected chi connectivity index (χ4v) is 6.95. The molecule has 2 aliphatic rings. The Balaban J connectivity index is 0.000000297. The molecule has 0 saturated heterocycles. The number of aryl methyl sites for hydroxylation is 2. The number of fused-ring (bicyclic) bond motifs is 2. The molecular formula is C38H64N10O4S. The minimum absolute atomic E-state index is 0. The van der Waals surface area contributed by atoms with Gasteiger partial charge < -0.3 is 32.7 Å². The number of rotatable bonds is 12. The molecule has 6 rings (SSSR count). The molecule has 0 bridgehead atoms. The molecule has 15 heteroatoms. The summed E-state index contributed by atoms with van der Waals surface area (Å²) in [5.41, 5.74) is 18.3. The zero-order chi connectivity index (χ0) is 36.6. The number of aromatic nitrogens is 6. The summed E-state index contributed by atoms with van der Waals surface area (Å²) >= 11 is 1.61. The molecular weight excluding hydrogens is 693 g/mol. The number of anilines is 1. The van der Waals surface area contributed by atoms with Crippen LogP contribution in [0.3, 0.4) is 0 Å². The fourth-order valence-electron chi connectivity index (χ4n) is 6.05. The second-order valence-corrected chi connectivity index (χ2v) is 14.4. The molecule has 0 radical (unpaired) electrons. The molecule has 2 aliphatic carbocycles. The maximum Gasteiger partial charge on any atom is 0.252 e. The lowest BCUT2D eigenvalue weighted by Gasteiger charge is -2.26. The maximum absolute atomic E-state index is 12.1. The third-order valence-corrected chi connectivity index (χ3v) is 10.1. The van der Waals surface area contributed by atoms with Gasteiger partial charge in [-0.2, -0.15) is 4.98 Å². The Labute approximate surface area is 318 Å². The van der Waals surface area contributed by atoms with Gasteiger partial charge in [-0.1, -0.05) is 40.0 Å². The topological polar surface area (TPSA) is 226 Å². The highest BCUT2D eigenvalue weighted by Crippen LogP contribution is 2.21. The standard InChI is InChI=1S/C16H23N5O2.C14H19N3O2S.C6H14N2.2CH4/c17-12-3-5-13(6-4-12)19-16-18-10-11-2-7-14(23)21(8-1-9-22)15(11)20-16;1-2-3-9-20-14-15-10-11-5-6-12(19)17(7-4-8-18)13(11)16-14;7-5-1-2-6(8)4-3-5;;/h2,7,10,12-13,22H,1,3-6,8-9,17H2,(H,18,19,20);5-6,10,18H,2-4,7-9H2,1H3;5-6H,1-4,7-8H2;2*1H4. The van der Waals surface area contributed by atoms with Crippen molar-refractivity contribution in [3.05, 3.63) is 57.4 Å². The second kappa shape index (κ2) is 24.0. The molecule has 9 N–H and O–H groups in total. The first-order chi connectivity index (χ1) is 24.7. The van der Waals surface area contributed by atoms with Crippen LogP contribution in [-0.2, 0) is 13.1 Å². The van der Waals surface area contributed by atoms with Crippen molar-refractivity contribution < 1.29 is 10.2 Å². The lowest BCUT2D eigenvalue weighted by molar-refractivity contribution is 0.279. The van der Waals surface area contributed by atoms with Gasteiger partial charge in [0.15, 0.2) is 5.16 Å². The van der Waals surface area contributed by atoms with Gasteiger partial charge in [0.2, 0.25) is 5.95 Å². The van der Waals surface area contributed by atoms with Crippen LogP contribution in [-0.4, -0.2) is 82.4 Å². The van der Waals surface area contributed by atoms with E-state index in [2.05, 4.69) is 32.2 Å². The highest BCUT2D eigenvalue weighted by molar-refractivity contribution is 7.99. The predicted octanol–water partition coefficient (Wildman–Crippen LogP) is 4.41. The summed E-state index contributed by atoms with van der Waals surface area (Å²) in [7, 11) is 0. The van der Waals surface area contributed by atoms with Crippen LogP contribution in [0.5, 0.6) is 0 Å². The summed E-state index contributed by atoms with van der Waals surface area (Å²) in [5, 5.41) is 23.7. The van der Waals surface area contributed by atoms with E-state index >= 15 is 0 Å². The average molecular weight is 757 g/mol. The SMILES string of the molecule is C.C.CCCCSc1ncc2ccc(=O)n(CCCO)c2n1.NC1CCC(N)CC1.NC1CCC(Nc2ncc3ccc(=O)n(CCCO)c3n2)CC1. The van der Waals surface area contributed by atoms with Crippen LogP contribution in [0.15, 0.2) is 51.4 Å². The minimum Gasteiger partial charge on any atom is -0.396 e. The summed E-state index contributed by atoms with van der Waals surface area (Å²) in [6.07, 6.45) is 15.3. The van der Waals surface area contributed by atoms with Gasteiger partial charge in [0, 0.05) is 91.5 Å². The molecule has 2 saturated carbocycles. The largest absolute Gasteiger partial charge is 0.396 e. The van der Waals surface area contributed by atoms with Crippen LogP contribution in [0.25, 0.3) is 22.1 Å². The second-order valence-electron chi connectivity index (χ2n) is 13.3. The van der Waals surface area contributed by atoms with Crippen molar-refractivity contribution >= 4 is 39.8 Å². The smallest absolute Gasteiger partial charge is 0.252 e. The number of nitrogens with zero attached hydrogens (tertiary/aromatic N) is 6. The fraction of sp³-hybridized carbons (Fsp3) is 0.632. The summed E-state index contributed by atoms with van der Waals surface area (Å²) in [4.78, 5) is 41.7. The van der Waals surface area contributed by atoms with Crippen molar-refractivity contribution in [1.82, 2.24) is 29.1 Å². The quantitative estimate of drug-likeness (QED) is 0.0670. The van der Waals surface area contributed by atoms with Crippen molar-refractivity contribution in [2.24, 2.45) is 17.2 Å². The molecule has 0 atom stereocenters. The predicted molar refractivity (Wildman–Crippen MR) is 218 cm³/mol. The number of hydrogen-bond donors (Lipinski definition) is 6. The number of aliphatic hydroxyl groups excluding tert-OH is 2. The molecule has 4 heterocycles. The first kappa shape index (κ1) is 45.7. The van der Waals surface area contributed by atoms with Crippen LogP contribution in [0.4, 0.5) is 5.95 Å². The summed E-state index contributed by atoms with van der Waals surface area (Å²) in [5.74, 6) is 1.52. The molecule has 4 aromatic rings. The zero-order valence-corrected chi connectivity index (χ0v) is 30.6. The van der Waals surface area contributed by atoms with Crippen molar-refractivity contribution in [1.29, 1.82) is 0 Å². The maximum atomic E-state index is 12.1. The monoisotopic (exact) mass is 756 g/mol. The van der Waals surface area contributed by atoms with Gasteiger partial charge in [0.05, 0.1) is 0 Å². The summed E-state index contributed by atoms with van der Waals surface area (Å²) in [6, 6.07) is 8.02. The number of hydrogen-bond acceptors (Lipinski definition) is 13. The Morgan fingerprint density at radius 3 is 1.68 bits per heavy atom. The zero-order valence-electron chi connectivity index (χ0n) is 29.8. The number of thioether (sulfide) groups is 1. The molecule has 296 valence electrons. The Hall–Kier alpha value is -3.47. The lowest BCUT2D eigenvalue weighted by Crippen LogP contribution is -2.33. The lowest BCUT2D eigenvalue weighted by atomic mass is 9.92. The van der Waals surface area contributed by atoms with Crippen LogP contribution in [0.1, 0.15) is 98.8 Å². The van der Waals surface area contributed by atoms with Crippen molar-refractivity contribution in [2.45, 2.75) is 141 Å². The van der Waals surface area contributed by atoms with E-state index in [1.807, 2.05) is 0 Å². The third kappa shape index (κ3) is 14.4. The van der Waals surface area contributed by atoms with Gasteiger partial charge in [-0.25, -0.2) is 15.0 Å². The van der Waals surface area contributed by atoms with Gasteiger partial charge in [0.1, 0.15) is 11.3 Å². The Kier molecular flexibility index (Phi) is 20.7. The molecule has 0 aliphatic heterocycles. The van der Waals surface area contributed by atoms with Crippen LogP contribution in [0, 0.1) is 0 Å². The summed E-state index contributed by atoms with van der Waals surface area (Å²) < 4.78 is 3.20. The van der Waals surface area contributed by atoms with Gasteiger partial charge in [-0.3, -0.25) is 18.7 Å². The van der Waals surface area contributed by atoms with E-state index < -0.39 is 0 Å². The third-order valence-electron chi connectivity index (χ3n) is 9.15. The van der Waals surface area contributed by atoms with Crippen molar-refractivity contribution in [3.8, 4) is 0 Å². The average Bonchev–Trinajstić information content (AvgIpc) is 3.14. The first-order valence-electron chi connectivity index (χ1n) is 18.3. The Morgan fingerprint density at radius 1 is 0.717 bits per heavy atom. The number of nitrogens with one attached hydrogen (secondary N) is 1. The van der Waals surface area contributed by atoms with E-state index in [4.69, 9.17) is 27.4 Å². The molecule has 0 spiro atoms. The molecule has 53 heavy (non-hydrogen) atoms. The first-order valence-corrected chi connectivity index (χ1v) is 19.3. The van der Waals surface area contributed by atoms with Crippen LogP contribution < -0.4 is 33.6 Å². The molecule has 4 aromatic heterocycles. The Morgan fingerprint density at radius 2 is 1.19 bits per heavy atom. The molecule has 14 nitrogen and oxygen atoms in total. The highest BCUT2D eigenvalue weighted by Gasteiger charge is 2.19. The molecule has 0 aromatic carbocycles. The van der Waals surface area contributed by atoms with E-state index in [0.29, 0.717) is 72.5 Å². The van der Waals surface area contributed by atoms with E-state index in [1.165, 1.54) is 12.1 Å².